The molecule has 1 aliphatic rings. The van der Waals surface area contributed by atoms with E-state index in [1.54, 1.807) is 55.9 Å². The summed E-state index contributed by atoms with van der Waals surface area (Å²) in [6.45, 7) is 3.73. The van der Waals surface area contributed by atoms with E-state index in [2.05, 4.69) is 4.99 Å². The van der Waals surface area contributed by atoms with Gasteiger partial charge < -0.3 is 9.47 Å². The number of thiazole rings is 1. The highest BCUT2D eigenvalue weighted by Crippen LogP contribution is 2.31. The van der Waals surface area contributed by atoms with Gasteiger partial charge in [0, 0.05) is 5.02 Å². The fourth-order valence-electron chi connectivity index (χ4n) is 3.64. The van der Waals surface area contributed by atoms with Crippen molar-refractivity contribution in [2.75, 3.05) is 13.7 Å². The predicted octanol–water partition coefficient (Wildman–Crippen LogP) is 3.46. The van der Waals surface area contributed by atoms with Gasteiger partial charge in [-0.3, -0.25) is 9.36 Å². The Hall–Kier alpha value is -3.16. The SMILES string of the molecule is CCOC(=O)C1=C(C)N=c2sc(=Cc3cccc(Cl)c3)c(=O)n2C1c1ccc(OC)cc1. The van der Waals surface area contributed by atoms with Gasteiger partial charge in [-0.1, -0.05) is 47.2 Å². The molecule has 0 bridgehead atoms. The maximum atomic E-state index is 13.5. The van der Waals surface area contributed by atoms with Gasteiger partial charge in [0.05, 0.1) is 35.6 Å². The summed E-state index contributed by atoms with van der Waals surface area (Å²) < 4.78 is 12.6. The van der Waals surface area contributed by atoms with E-state index in [4.69, 9.17) is 21.1 Å². The quantitative estimate of drug-likeness (QED) is 0.538. The van der Waals surface area contributed by atoms with Gasteiger partial charge >= 0.3 is 5.97 Å². The average molecular weight is 469 g/mol. The van der Waals surface area contributed by atoms with Gasteiger partial charge in [0.15, 0.2) is 4.80 Å². The monoisotopic (exact) mass is 468 g/mol. The van der Waals surface area contributed by atoms with E-state index in [0.29, 0.717) is 31.4 Å². The lowest BCUT2D eigenvalue weighted by Crippen LogP contribution is -2.39. The van der Waals surface area contributed by atoms with Crippen molar-refractivity contribution in [1.82, 2.24) is 4.57 Å². The number of fused-ring (bicyclic) bond motifs is 1. The van der Waals surface area contributed by atoms with Gasteiger partial charge in [0.25, 0.3) is 5.56 Å². The molecule has 2 aromatic carbocycles. The van der Waals surface area contributed by atoms with Crippen LogP contribution in [-0.2, 0) is 9.53 Å². The zero-order valence-electron chi connectivity index (χ0n) is 17.8. The van der Waals surface area contributed by atoms with Crippen molar-refractivity contribution in [2.24, 2.45) is 4.99 Å². The Morgan fingerprint density at radius 1 is 1.25 bits per heavy atom. The third kappa shape index (κ3) is 4.13. The fourth-order valence-corrected chi connectivity index (χ4v) is 4.89. The van der Waals surface area contributed by atoms with E-state index < -0.39 is 12.0 Å². The molecule has 6 nitrogen and oxygen atoms in total. The number of rotatable bonds is 5. The minimum atomic E-state index is -0.655. The second kappa shape index (κ2) is 9.14. The lowest BCUT2D eigenvalue weighted by Gasteiger charge is -2.24. The summed E-state index contributed by atoms with van der Waals surface area (Å²) in [6.07, 6.45) is 1.78. The highest BCUT2D eigenvalue weighted by molar-refractivity contribution is 7.07. The van der Waals surface area contributed by atoms with Crippen LogP contribution in [0.15, 0.2) is 69.6 Å². The lowest BCUT2D eigenvalue weighted by atomic mass is 9.96. The number of nitrogens with zero attached hydrogens (tertiary/aromatic N) is 2. The molecule has 1 aliphatic heterocycles. The first-order valence-electron chi connectivity index (χ1n) is 10.0. The number of ether oxygens (including phenoxy) is 2. The summed E-state index contributed by atoms with van der Waals surface area (Å²) in [5, 5.41) is 0.586. The molecule has 0 N–H and O–H groups in total. The normalized spacial score (nSPS) is 15.9. The first-order valence-corrected chi connectivity index (χ1v) is 11.2. The van der Waals surface area contributed by atoms with Crippen molar-refractivity contribution in [3.8, 4) is 5.75 Å². The zero-order valence-corrected chi connectivity index (χ0v) is 19.4. The molecule has 1 unspecified atom stereocenters. The molecule has 32 heavy (non-hydrogen) atoms. The van der Waals surface area contributed by atoms with E-state index in [1.807, 2.05) is 24.3 Å². The Kier molecular flexibility index (Phi) is 6.30. The summed E-state index contributed by atoms with van der Waals surface area (Å²) in [4.78, 5) is 31.5. The van der Waals surface area contributed by atoms with Crippen LogP contribution in [-0.4, -0.2) is 24.3 Å². The summed E-state index contributed by atoms with van der Waals surface area (Å²) >= 11 is 7.37. The van der Waals surface area contributed by atoms with Crippen molar-refractivity contribution in [3.05, 3.63) is 95.6 Å². The van der Waals surface area contributed by atoms with Crippen LogP contribution in [0.4, 0.5) is 0 Å². The minimum Gasteiger partial charge on any atom is -0.497 e. The summed E-state index contributed by atoms with van der Waals surface area (Å²) in [7, 11) is 1.59. The number of hydrogen-bond acceptors (Lipinski definition) is 6. The Balaban J connectivity index is 1.94. The highest BCUT2D eigenvalue weighted by atomic mass is 35.5. The average Bonchev–Trinajstić information content (AvgIpc) is 3.07. The molecule has 0 amide bonds. The van der Waals surface area contributed by atoms with Crippen molar-refractivity contribution in [1.29, 1.82) is 0 Å². The Labute approximate surface area is 193 Å². The molecule has 164 valence electrons. The topological polar surface area (TPSA) is 69.9 Å². The van der Waals surface area contributed by atoms with Crippen LogP contribution < -0.4 is 19.6 Å². The Morgan fingerprint density at radius 3 is 2.66 bits per heavy atom. The van der Waals surface area contributed by atoms with Crippen LogP contribution in [0.25, 0.3) is 6.08 Å². The van der Waals surface area contributed by atoms with Crippen LogP contribution in [0.5, 0.6) is 5.75 Å². The summed E-state index contributed by atoms with van der Waals surface area (Å²) in [5.41, 5.74) is 2.21. The second-order valence-electron chi connectivity index (χ2n) is 7.13. The molecule has 0 saturated heterocycles. The van der Waals surface area contributed by atoms with E-state index >= 15 is 0 Å². The molecule has 0 fully saturated rings. The summed E-state index contributed by atoms with van der Waals surface area (Å²) in [6, 6.07) is 13.9. The molecular weight excluding hydrogens is 448 g/mol. The molecule has 1 aromatic heterocycles. The van der Waals surface area contributed by atoms with Gasteiger partial charge in [0.1, 0.15) is 5.75 Å². The van der Waals surface area contributed by atoms with Gasteiger partial charge in [-0.2, -0.15) is 0 Å². The molecule has 0 saturated carbocycles. The van der Waals surface area contributed by atoms with Crippen molar-refractivity contribution in [3.63, 3.8) is 0 Å². The number of carbonyl (C=O) groups excluding carboxylic acids is 1. The number of benzene rings is 2. The molecule has 4 rings (SSSR count). The lowest BCUT2D eigenvalue weighted by molar-refractivity contribution is -0.139. The van der Waals surface area contributed by atoms with Crippen LogP contribution in [0.3, 0.4) is 0 Å². The minimum absolute atomic E-state index is 0.226. The van der Waals surface area contributed by atoms with Gasteiger partial charge in [-0.25, -0.2) is 9.79 Å². The predicted molar refractivity (Wildman–Crippen MR) is 125 cm³/mol. The number of esters is 1. The van der Waals surface area contributed by atoms with Crippen molar-refractivity contribution >= 4 is 35.0 Å². The smallest absolute Gasteiger partial charge is 0.338 e. The van der Waals surface area contributed by atoms with Crippen LogP contribution in [0.2, 0.25) is 5.02 Å². The third-order valence-corrected chi connectivity index (χ3v) is 6.31. The molecule has 0 radical (unpaired) electrons. The standard InChI is InChI=1S/C24H21ClN2O4S/c1-4-31-23(29)20-14(2)26-24-27(21(20)16-8-10-18(30-3)11-9-16)22(28)19(32-24)13-15-6-5-7-17(25)12-15/h5-13,21H,4H2,1-3H3. The second-order valence-corrected chi connectivity index (χ2v) is 8.58. The number of halogens is 1. The molecule has 8 heteroatoms. The molecular formula is C24H21ClN2O4S. The number of hydrogen-bond donors (Lipinski definition) is 0. The van der Waals surface area contributed by atoms with Crippen molar-refractivity contribution < 1.29 is 14.3 Å². The number of allylic oxidation sites excluding steroid dienone is 1. The highest BCUT2D eigenvalue weighted by Gasteiger charge is 2.33. The Bertz CT molecular complexity index is 1390. The molecule has 1 atom stereocenters. The summed E-state index contributed by atoms with van der Waals surface area (Å²) in [5.74, 6) is 0.194. The van der Waals surface area contributed by atoms with Crippen molar-refractivity contribution in [2.45, 2.75) is 19.9 Å². The van der Waals surface area contributed by atoms with Gasteiger partial charge in [-0.15, -0.1) is 0 Å². The maximum Gasteiger partial charge on any atom is 0.338 e. The van der Waals surface area contributed by atoms with Gasteiger partial charge in [-0.05, 0) is 55.3 Å². The maximum absolute atomic E-state index is 13.5. The van der Waals surface area contributed by atoms with Crippen LogP contribution in [0.1, 0.15) is 31.0 Å². The number of carbonyl (C=O) groups is 1. The van der Waals surface area contributed by atoms with Crippen LogP contribution >= 0.6 is 22.9 Å². The first kappa shape index (κ1) is 22.0. The molecule has 3 aromatic rings. The fraction of sp³-hybridized carbons (Fsp3) is 0.208. The van der Waals surface area contributed by atoms with E-state index in [0.717, 1.165) is 11.1 Å². The van der Waals surface area contributed by atoms with E-state index in [9.17, 15) is 9.59 Å². The van der Waals surface area contributed by atoms with Gasteiger partial charge in [0.2, 0.25) is 0 Å². The van der Waals surface area contributed by atoms with Crippen LogP contribution in [0, 0.1) is 0 Å². The largest absolute Gasteiger partial charge is 0.497 e. The van der Waals surface area contributed by atoms with E-state index in [1.165, 1.54) is 11.3 Å². The third-order valence-electron chi connectivity index (χ3n) is 5.10. The Morgan fingerprint density at radius 2 is 2.00 bits per heavy atom. The number of methoxy groups -OCH3 is 1. The molecule has 0 spiro atoms. The number of aromatic nitrogens is 1. The first-order chi connectivity index (χ1) is 15.4. The molecule has 2 heterocycles. The zero-order chi connectivity index (χ0) is 22.8. The van der Waals surface area contributed by atoms with E-state index in [-0.39, 0.29) is 12.2 Å². The molecule has 0 aliphatic carbocycles.